The molecular weight excluding hydrogens is 292 g/mol. The topological polar surface area (TPSA) is 147 Å². The first-order valence-electron chi connectivity index (χ1n) is 7.20. The van der Waals surface area contributed by atoms with Crippen molar-refractivity contribution < 1.29 is 29.4 Å². The molecule has 22 heavy (non-hydrogen) atoms. The third-order valence-electron chi connectivity index (χ3n) is 2.71. The molecule has 0 aliphatic rings. The quantitative estimate of drug-likeness (QED) is 0.328. The zero-order valence-electron chi connectivity index (χ0n) is 12.9. The number of amides is 2. The Hall–Kier alpha value is -2.12. The lowest BCUT2D eigenvalue weighted by molar-refractivity contribution is -0.137. The fraction of sp³-hybridized carbons (Fsp3) is 0.714. The Kier molecular flexibility index (Phi) is 15.4. The van der Waals surface area contributed by atoms with Crippen molar-refractivity contribution in [2.45, 2.75) is 64.3 Å². The van der Waals surface area contributed by atoms with Crippen molar-refractivity contribution in [1.82, 2.24) is 5.32 Å². The molecule has 0 fully saturated rings. The van der Waals surface area contributed by atoms with Crippen molar-refractivity contribution in [3.05, 3.63) is 0 Å². The molecule has 0 aromatic carbocycles. The summed E-state index contributed by atoms with van der Waals surface area (Å²) in [5.41, 5.74) is 5.03. The van der Waals surface area contributed by atoms with Gasteiger partial charge in [-0.15, -0.1) is 0 Å². The van der Waals surface area contributed by atoms with Gasteiger partial charge in [-0.25, -0.2) is 0 Å². The van der Waals surface area contributed by atoms with E-state index in [1.54, 1.807) is 6.92 Å². The fourth-order valence-electron chi connectivity index (χ4n) is 1.79. The molecule has 8 nitrogen and oxygen atoms in total. The molecule has 5 N–H and O–H groups in total. The highest BCUT2D eigenvalue weighted by Gasteiger charge is 2.09. The Bertz CT molecular complexity index is 346. The van der Waals surface area contributed by atoms with Crippen LogP contribution in [0.3, 0.4) is 0 Å². The molecule has 0 bridgehead atoms. The third kappa shape index (κ3) is 20.2. The SMILES string of the molecule is C[C@H](CC(N)=O)NC(=O)CCCCCCCC(=O)O.O=CO. The molecule has 128 valence electrons. The van der Waals surface area contributed by atoms with Gasteiger partial charge in [-0.3, -0.25) is 19.2 Å². The molecule has 0 aromatic heterocycles. The lowest BCUT2D eigenvalue weighted by Crippen LogP contribution is -2.35. The van der Waals surface area contributed by atoms with Crippen LogP contribution in [0, 0.1) is 0 Å². The Labute approximate surface area is 130 Å². The van der Waals surface area contributed by atoms with Crippen LogP contribution >= 0.6 is 0 Å². The van der Waals surface area contributed by atoms with Gasteiger partial charge in [0.15, 0.2) is 0 Å². The maximum Gasteiger partial charge on any atom is 0.303 e. The van der Waals surface area contributed by atoms with E-state index in [1.165, 1.54) is 0 Å². The van der Waals surface area contributed by atoms with Crippen LogP contribution in [0.4, 0.5) is 0 Å². The number of hydrogen-bond acceptors (Lipinski definition) is 4. The summed E-state index contributed by atoms with van der Waals surface area (Å²) in [5, 5.41) is 18.0. The number of aliphatic carboxylic acids is 1. The first kappa shape index (κ1) is 22.2. The highest BCUT2D eigenvalue weighted by Crippen LogP contribution is 2.07. The van der Waals surface area contributed by atoms with Gasteiger partial charge >= 0.3 is 5.97 Å². The number of nitrogens with two attached hydrogens (primary N) is 1. The second kappa shape index (κ2) is 15.3. The fourth-order valence-corrected chi connectivity index (χ4v) is 1.79. The van der Waals surface area contributed by atoms with Crippen LogP contribution in [0.25, 0.3) is 0 Å². The minimum atomic E-state index is -0.761. The first-order chi connectivity index (χ1) is 10.3. The number of carbonyl (C=O) groups is 4. The molecule has 0 aliphatic heterocycles. The molecule has 2 amide bonds. The van der Waals surface area contributed by atoms with Crippen molar-refractivity contribution in [2.75, 3.05) is 0 Å². The van der Waals surface area contributed by atoms with E-state index in [9.17, 15) is 14.4 Å². The Morgan fingerprint density at radius 2 is 1.55 bits per heavy atom. The zero-order valence-corrected chi connectivity index (χ0v) is 12.9. The van der Waals surface area contributed by atoms with Gasteiger partial charge in [-0.1, -0.05) is 19.3 Å². The predicted molar refractivity (Wildman–Crippen MR) is 80.1 cm³/mol. The highest BCUT2D eigenvalue weighted by molar-refractivity contribution is 5.78. The summed E-state index contributed by atoms with van der Waals surface area (Å²) in [6.45, 7) is 1.49. The van der Waals surface area contributed by atoms with Crippen molar-refractivity contribution in [1.29, 1.82) is 0 Å². The summed E-state index contributed by atoms with van der Waals surface area (Å²) in [4.78, 5) is 40.7. The average molecular weight is 318 g/mol. The summed E-state index contributed by atoms with van der Waals surface area (Å²) >= 11 is 0. The van der Waals surface area contributed by atoms with E-state index in [-0.39, 0.29) is 31.3 Å². The molecule has 0 saturated carbocycles. The van der Waals surface area contributed by atoms with E-state index >= 15 is 0 Å². The minimum absolute atomic E-state index is 0.0701. The van der Waals surface area contributed by atoms with Crippen LogP contribution in [0.2, 0.25) is 0 Å². The molecule has 0 saturated heterocycles. The average Bonchev–Trinajstić information content (AvgIpc) is 2.36. The van der Waals surface area contributed by atoms with E-state index in [1.807, 2.05) is 0 Å². The monoisotopic (exact) mass is 318 g/mol. The summed E-state index contributed by atoms with van der Waals surface area (Å²) in [7, 11) is 0. The summed E-state index contributed by atoms with van der Waals surface area (Å²) in [5.74, 6) is -1.26. The largest absolute Gasteiger partial charge is 0.483 e. The summed E-state index contributed by atoms with van der Waals surface area (Å²) < 4.78 is 0. The number of nitrogens with one attached hydrogen (secondary N) is 1. The van der Waals surface area contributed by atoms with Crippen LogP contribution < -0.4 is 11.1 Å². The number of primary amides is 1. The normalized spacial score (nSPS) is 10.8. The number of carboxylic acid groups (broad SMARTS) is 2. The smallest absolute Gasteiger partial charge is 0.303 e. The van der Waals surface area contributed by atoms with Crippen LogP contribution in [0.15, 0.2) is 0 Å². The van der Waals surface area contributed by atoms with E-state index < -0.39 is 11.9 Å². The van der Waals surface area contributed by atoms with E-state index in [0.29, 0.717) is 12.8 Å². The Morgan fingerprint density at radius 1 is 1.09 bits per heavy atom. The second-order valence-electron chi connectivity index (χ2n) is 4.91. The van der Waals surface area contributed by atoms with E-state index in [2.05, 4.69) is 5.32 Å². The van der Waals surface area contributed by atoms with E-state index in [4.69, 9.17) is 20.7 Å². The second-order valence-corrected chi connectivity index (χ2v) is 4.91. The molecule has 0 aliphatic carbocycles. The van der Waals surface area contributed by atoms with Gasteiger partial charge in [-0.05, 0) is 19.8 Å². The van der Waals surface area contributed by atoms with Crippen LogP contribution in [0.5, 0.6) is 0 Å². The predicted octanol–water partition coefficient (Wildman–Crippen LogP) is 0.883. The van der Waals surface area contributed by atoms with Crippen molar-refractivity contribution in [2.24, 2.45) is 5.73 Å². The Morgan fingerprint density at radius 3 is 2.00 bits per heavy atom. The molecule has 0 unspecified atom stereocenters. The van der Waals surface area contributed by atoms with Crippen LogP contribution in [0.1, 0.15) is 58.3 Å². The van der Waals surface area contributed by atoms with Gasteiger partial charge in [0.05, 0.1) is 0 Å². The van der Waals surface area contributed by atoms with Gasteiger partial charge in [0.2, 0.25) is 11.8 Å². The first-order valence-corrected chi connectivity index (χ1v) is 7.20. The number of carbonyl (C=O) groups excluding carboxylic acids is 2. The van der Waals surface area contributed by atoms with Gasteiger partial charge in [0, 0.05) is 25.3 Å². The van der Waals surface area contributed by atoms with E-state index in [0.717, 1.165) is 25.7 Å². The molecule has 1 atom stereocenters. The van der Waals surface area contributed by atoms with Crippen molar-refractivity contribution in [3.8, 4) is 0 Å². The van der Waals surface area contributed by atoms with Gasteiger partial charge in [0.1, 0.15) is 0 Å². The zero-order chi connectivity index (χ0) is 17.4. The number of unbranched alkanes of at least 4 members (excludes halogenated alkanes) is 4. The standard InChI is InChI=1S/C13H24N2O4.CH2O2/c1-10(9-11(14)16)15-12(17)7-5-3-2-4-6-8-13(18)19;2-1-3/h10H,2-9H2,1H3,(H2,14,16)(H,15,17)(H,18,19);1H,(H,2,3)/t10-;/m1./s1. The lowest BCUT2D eigenvalue weighted by Gasteiger charge is -2.11. The maximum atomic E-state index is 11.5. The number of rotatable bonds is 11. The Balaban J connectivity index is 0. The van der Waals surface area contributed by atoms with Crippen LogP contribution in [-0.4, -0.2) is 40.5 Å². The molecule has 0 aromatic rings. The molecule has 8 heteroatoms. The van der Waals surface area contributed by atoms with Gasteiger partial charge < -0.3 is 21.3 Å². The number of carboxylic acids is 1. The highest BCUT2D eigenvalue weighted by atomic mass is 16.4. The molecular formula is C14H26N2O6. The molecule has 0 spiro atoms. The summed E-state index contributed by atoms with van der Waals surface area (Å²) in [6.07, 6.45) is 5.01. The minimum Gasteiger partial charge on any atom is -0.483 e. The molecule has 0 heterocycles. The lowest BCUT2D eigenvalue weighted by atomic mass is 10.1. The van der Waals surface area contributed by atoms with Crippen molar-refractivity contribution >= 4 is 24.3 Å². The van der Waals surface area contributed by atoms with Gasteiger partial charge in [0.25, 0.3) is 6.47 Å². The number of hydrogen-bond donors (Lipinski definition) is 4. The molecule has 0 rings (SSSR count). The summed E-state index contributed by atoms with van der Waals surface area (Å²) in [6, 6.07) is -0.222. The van der Waals surface area contributed by atoms with Gasteiger partial charge in [-0.2, -0.15) is 0 Å². The van der Waals surface area contributed by atoms with Crippen LogP contribution in [-0.2, 0) is 19.2 Å². The maximum absolute atomic E-state index is 11.5. The van der Waals surface area contributed by atoms with Crippen molar-refractivity contribution in [3.63, 3.8) is 0 Å². The molecule has 0 radical (unpaired) electrons. The third-order valence-corrected chi connectivity index (χ3v) is 2.71.